The Morgan fingerprint density at radius 3 is 2.57 bits per heavy atom. The van der Waals surface area contributed by atoms with Crippen molar-refractivity contribution in [3.63, 3.8) is 0 Å². The molecule has 0 aliphatic rings. The molecule has 1 atom stereocenters. The highest BCUT2D eigenvalue weighted by Gasteiger charge is 2.12. The maximum absolute atomic E-state index is 12.0. The second-order valence-corrected chi connectivity index (χ2v) is 6.72. The van der Waals surface area contributed by atoms with Crippen LogP contribution in [0.3, 0.4) is 0 Å². The highest BCUT2D eigenvalue weighted by atomic mass is 32.1. The van der Waals surface area contributed by atoms with E-state index in [1.54, 1.807) is 0 Å². The number of hydrogen-bond donors (Lipinski definition) is 0. The van der Waals surface area contributed by atoms with E-state index in [9.17, 15) is 4.79 Å². The van der Waals surface area contributed by atoms with E-state index in [0.29, 0.717) is 17.3 Å². The molecule has 0 bridgehead atoms. The molecule has 1 heterocycles. The molecule has 23 heavy (non-hydrogen) atoms. The van der Waals surface area contributed by atoms with Gasteiger partial charge < -0.3 is 9.30 Å². The average Bonchev–Trinajstić information content (AvgIpc) is 2.91. The van der Waals surface area contributed by atoms with Gasteiger partial charge in [-0.15, -0.1) is 16.3 Å². The Labute approximate surface area is 141 Å². The Balaban J connectivity index is 2.34. The fourth-order valence-electron chi connectivity index (χ4n) is 2.17. The second kappa shape index (κ2) is 8.11. The Bertz CT molecular complexity index is 701. The number of benzene rings is 1. The van der Waals surface area contributed by atoms with Gasteiger partial charge >= 0.3 is 6.09 Å². The molecule has 124 valence electrons. The van der Waals surface area contributed by atoms with Crippen LogP contribution in [0, 0.1) is 0 Å². The third kappa shape index (κ3) is 4.79. The van der Waals surface area contributed by atoms with E-state index in [4.69, 9.17) is 4.74 Å². The molecular weight excluding hydrogens is 308 g/mol. The number of nitrogens with zero attached hydrogens (tertiary/aromatic N) is 2. The van der Waals surface area contributed by atoms with E-state index < -0.39 is 6.09 Å². The number of ether oxygens (including phenoxy) is 1. The Morgan fingerprint density at radius 2 is 1.96 bits per heavy atom. The van der Waals surface area contributed by atoms with Crippen molar-refractivity contribution in [2.75, 3.05) is 0 Å². The van der Waals surface area contributed by atoms with Gasteiger partial charge in [0.15, 0.2) is 4.80 Å². The predicted molar refractivity (Wildman–Crippen MR) is 93.7 cm³/mol. The minimum absolute atomic E-state index is 0.113. The summed E-state index contributed by atoms with van der Waals surface area (Å²) in [6.45, 7) is 8.85. The summed E-state index contributed by atoms with van der Waals surface area (Å²) < 4.78 is 7.37. The van der Waals surface area contributed by atoms with Crippen LogP contribution in [0.1, 0.15) is 51.3 Å². The number of rotatable bonds is 5. The molecule has 1 aromatic carbocycles. The van der Waals surface area contributed by atoms with Crippen molar-refractivity contribution in [3.8, 4) is 0 Å². The topological polar surface area (TPSA) is 43.6 Å². The first-order chi connectivity index (χ1) is 11.0. The molecule has 0 aliphatic heterocycles. The zero-order chi connectivity index (χ0) is 16.8. The van der Waals surface area contributed by atoms with Gasteiger partial charge in [0.2, 0.25) is 0 Å². The van der Waals surface area contributed by atoms with Crippen LogP contribution in [-0.2, 0) is 11.3 Å². The lowest BCUT2D eigenvalue weighted by Crippen LogP contribution is -2.22. The lowest BCUT2D eigenvalue weighted by molar-refractivity contribution is 0.113. The SMILES string of the molecule is CCC(C)OC(=O)/N=c1\scc(C(C)C)n1Cc1ccccc1. The van der Waals surface area contributed by atoms with Crippen LogP contribution in [0.5, 0.6) is 0 Å². The van der Waals surface area contributed by atoms with Gasteiger partial charge in [-0.25, -0.2) is 4.79 Å². The Morgan fingerprint density at radius 1 is 1.26 bits per heavy atom. The van der Waals surface area contributed by atoms with Crippen LogP contribution in [0.2, 0.25) is 0 Å². The van der Waals surface area contributed by atoms with Gasteiger partial charge in [-0.3, -0.25) is 0 Å². The van der Waals surface area contributed by atoms with Gasteiger partial charge in [-0.2, -0.15) is 0 Å². The molecule has 1 amide bonds. The average molecular weight is 332 g/mol. The van der Waals surface area contributed by atoms with E-state index in [-0.39, 0.29) is 6.10 Å². The zero-order valence-electron chi connectivity index (χ0n) is 14.2. The minimum atomic E-state index is -0.515. The molecule has 1 aromatic heterocycles. The summed E-state index contributed by atoms with van der Waals surface area (Å²) >= 11 is 1.48. The Hall–Kier alpha value is -1.88. The first kappa shape index (κ1) is 17.5. The first-order valence-corrected chi connectivity index (χ1v) is 8.86. The summed E-state index contributed by atoms with van der Waals surface area (Å²) in [5.74, 6) is 0.365. The maximum atomic E-state index is 12.0. The summed E-state index contributed by atoms with van der Waals surface area (Å²) in [6, 6.07) is 10.2. The molecule has 1 unspecified atom stereocenters. The van der Waals surface area contributed by atoms with Crippen LogP contribution < -0.4 is 4.80 Å². The van der Waals surface area contributed by atoms with Crippen molar-refractivity contribution >= 4 is 17.4 Å². The van der Waals surface area contributed by atoms with Crippen molar-refractivity contribution in [1.29, 1.82) is 0 Å². The van der Waals surface area contributed by atoms with Crippen LogP contribution >= 0.6 is 11.3 Å². The van der Waals surface area contributed by atoms with E-state index in [1.165, 1.54) is 22.6 Å². The van der Waals surface area contributed by atoms with Crippen LogP contribution in [0.25, 0.3) is 0 Å². The van der Waals surface area contributed by atoms with Gasteiger partial charge in [0.25, 0.3) is 0 Å². The van der Waals surface area contributed by atoms with Gasteiger partial charge in [0, 0.05) is 11.1 Å². The monoisotopic (exact) mass is 332 g/mol. The summed E-state index contributed by atoms with van der Waals surface area (Å²) in [6.07, 6.45) is 0.157. The lowest BCUT2D eigenvalue weighted by atomic mass is 10.1. The van der Waals surface area contributed by atoms with Gasteiger partial charge in [0.1, 0.15) is 6.10 Å². The largest absolute Gasteiger partial charge is 0.445 e. The summed E-state index contributed by atoms with van der Waals surface area (Å²) in [5, 5.41) is 2.07. The standard InChI is InChI=1S/C18H24N2O2S/c1-5-14(4)22-18(21)19-17-20(16(12-23-17)13(2)3)11-15-9-7-6-8-10-15/h6-10,12-14H,5,11H2,1-4H3/b19-17-. The van der Waals surface area contributed by atoms with E-state index >= 15 is 0 Å². The summed E-state index contributed by atoms with van der Waals surface area (Å²) in [7, 11) is 0. The number of amides is 1. The number of thiazole rings is 1. The minimum Gasteiger partial charge on any atom is -0.445 e. The second-order valence-electron chi connectivity index (χ2n) is 5.88. The van der Waals surface area contributed by atoms with Crippen LogP contribution in [0.4, 0.5) is 4.79 Å². The van der Waals surface area contributed by atoms with Gasteiger partial charge in [-0.1, -0.05) is 51.1 Å². The highest BCUT2D eigenvalue weighted by molar-refractivity contribution is 7.07. The lowest BCUT2D eigenvalue weighted by Gasteiger charge is -2.12. The van der Waals surface area contributed by atoms with Gasteiger partial charge in [-0.05, 0) is 24.8 Å². The fourth-order valence-corrected chi connectivity index (χ4v) is 3.22. The van der Waals surface area contributed by atoms with E-state index in [1.807, 2.05) is 32.0 Å². The maximum Gasteiger partial charge on any atom is 0.436 e. The molecule has 4 nitrogen and oxygen atoms in total. The number of hydrogen-bond acceptors (Lipinski definition) is 3. The molecule has 0 spiro atoms. The van der Waals surface area contributed by atoms with Crippen LogP contribution in [0.15, 0.2) is 40.7 Å². The molecule has 0 N–H and O–H groups in total. The third-order valence-corrected chi connectivity index (χ3v) is 4.55. The van der Waals surface area contributed by atoms with Crippen molar-refractivity contribution in [1.82, 2.24) is 4.57 Å². The normalized spacial score (nSPS) is 13.3. The molecule has 0 aliphatic carbocycles. The summed E-state index contributed by atoms with van der Waals surface area (Å²) in [4.78, 5) is 16.8. The van der Waals surface area contributed by atoms with Crippen LogP contribution in [-0.4, -0.2) is 16.8 Å². The molecule has 2 rings (SSSR count). The smallest absolute Gasteiger partial charge is 0.436 e. The zero-order valence-corrected chi connectivity index (χ0v) is 15.0. The van der Waals surface area contributed by atoms with Crippen molar-refractivity contribution in [2.24, 2.45) is 4.99 Å². The molecule has 0 fully saturated rings. The number of aromatic nitrogens is 1. The fraction of sp³-hybridized carbons (Fsp3) is 0.444. The number of carbonyl (C=O) groups excluding carboxylic acids is 1. The molecular formula is C18H24N2O2S. The Kier molecular flexibility index (Phi) is 6.16. The molecule has 5 heteroatoms. The van der Waals surface area contributed by atoms with Crippen molar-refractivity contribution < 1.29 is 9.53 Å². The third-order valence-electron chi connectivity index (χ3n) is 3.67. The van der Waals surface area contributed by atoms with Crippen molar-refractivity contribution in [3.05, 3.63) is 51.8 Å². The van der Waals surface area contributed by atoms with Gasteiger partial charge in [0.05, 0.1) is 6.54 Å². The summed E-state index contributed by atoms with van der Waals surface area (Å²) in [5.41, 5.74) is 2.36. The molecule has 0 radical (unpaired) electrons. The molecule has 0 saturated carbocycles. The number of carbonyl (C=O) groups is 1. The molecule has 0 saturated heterocycles. The van der Waals surface area contributed by atoms with E-state index in [0.717, 1.165) is 6.42 Å². The predicted octanol–water partition coefficient (Wildman–Crippen LogP) is 4.56. The van der Waals surface area contributed by atoms with E-state index in [2.05, 4.69) is 40.9 Å². The highest BCUT2D eigenvalue weighted by Crippen LogP contribution is 2.16. The van der Waals surface area contributed by atoms with Crippen molar-refractivity contribution in [2.45, 2.75) is 52.7 Å². The quantitative estimate of drug-likeness (QED) is 0.806. The first-order valence-electron chi connectivity index (χ1n) is 7.98. The molecule has 2 aromatic rings.